The molecule has 1 fully saturated rings. The summed E-state index contributed by atoms with van der Waals surface area (Å²) in [6.45, 7) is 4.47. The highest BCUT2D eigenvalue weighted by molar-refractivity contribution is 9.10. The van der Waals surface area contributed by atoms with Gasteiger partial charge in [-0.2, -0.15) is 0 Å². The standard InChI is InChI=1S/C21H24BrNO2/c1-16-9-12-23(13-10-16)21(24)19-15-18(22)7-8-20(19)25-14-11-17-5-3-2-4-6-17/h2-8,15-16H,9-14H2,1H3. The lowest BCUT2D eigenvalue weighted by atomic mass is 9.98. The number of ether oxygens (including phenoxy) is 1. The first-order valence-corrected chi connectivity index (χ1v) is 9.68. The van der Waals surface area contributed by atoms with Crippen LogP contribution in [-0.2, 0) is 6.42 Å². The topological polar surface area (TPSA) is 29.5 Å². The van der Waals surface area contributed by atoms with Gasteiger partial charge in [-0.25, -0.2) is 0 Å². The highest BCUT2D eigenvalue weighted by Crippen LogP contribution is 2.27. The van der Waals surface area contributed by atoms with Gasteiger partial charge in [-0.15, -0.1) is 0 Å². The van der Waals surface area contributed by atoms with Crippen LogP contribution in [-0.4, -0.2) is 30.5 Å². The minimum Gasteiger partial charge on any atom is -0.492 e. The fourth-order valence-corrected chi connectivity index (χ4v) is 3.46. The highest BCUT2D eigenvalue weighted by atomic mass is 79.9. The van der Waals surface area contributed by atoms with Crippen molar-refractivity contribution in [1.82, 2.24) is 4.90 Å². The minimum atomic E-state index is 0.0721. The van der Waals surface area contributed by atoms with E-state index in [0.29, 0.717) is 23.8 Å². The fourth-order valence-electron chi connectivity index (χ4n) is 3.10. The number of benzene rings is 2. The highest BCUT2D eigenvalue weighted by Gasteiger charge is 2.24. The van der Waals surface area contributed by atoms with Crippen LogP contribution in [0.5, 0.6) is 5.75 Å². The summed E-state index contributed by atoms with van der Waals surface area (Å²) in [7, 11) is 0. The zero-order valence-electron chi connectivity index (χ0n) is 14.6. The van der Waals surface area contributed by atoms with Crippen LogP contribution >= 0.6 is 15.9 Å². The van der Waals surface area contributed by atoms with E-state index in [9.17, 15) is 4.79 Å². The summed E-state index contributed by atoms with van der Waals surface area (Å²) in [5.41, 5.74) is 1.88. The smallest absolute Gasteiger partial charge is 0.257 e. The summed E-state index contributed by atoms with van der Waals surface area (Å²) in [5.74, 6) is 1.44. The number of nitrogens with zero attached hydrogens (tertiary/aromatic N) is 1. The molecule has 1 heterocycles. The number of carbonyl (C=O) groups excluding carboxylic acids is 1. The number of likely N-dealkylation sites (tertiary alicyclic amines) is 1. The van der Waals surface area contributed by atoms with E-state index in [1.807, 2.05) is 41.3 Å². The number of hydrogen-bond donors (Lipinski definition) is 0. The molecule has 1 saturated heterocycles. The predicted molar refractivity (Wildman–Crippen MR) is 104 cm³/mol. The van der Waals surface area contributed by atoms with Gasteiger partial charge in [0.05, 0.1) is 12.2 Å². The van der Waals surface area contributed by atoms with Crippen molar-refractivity contribution in [3.63, 3.8) is 0 Å². The van der Waals surface area contributed by atoms with Crippen LogP contribution in [0.1, 0.15) is 35.7 Å². The van der Waals surface area contributed by atoms with Gasteiger partial charge in [-0.1, -0.05) is 53.2 Å². The Kier molecular flexibility index (Phi) is 6.14. The van der Waals surface area contributed by atoms with Gasteiger partial charge in [-0.3, -0.25) is 4.79 Å². The molecule has 0 atom stereocenters. The second kappa shape index (κ2) is 8.52. The second-order valence-electron chi connectivity index (χ2n) is 6.70. The van der Waals surface area contributed by atoms with Gasteiger partial charge in [-0.05, 0) is 42.5 Å². The van der Waals surface area contributed by atoms with E-state index >= 15 is 0 Å². The Balaban J connectivity index is 1.68. The Morgan fingerprint density at radius 1 is 1.16 bits per heavy atom. The molecule has 0 radical (unpaired) electrons. The number of piperidine rings is 1. The molecule has 132 valence electrons. The van der Waals surface area contributed by atoms with Crippen molar-refractivity contribution in [2.24, 2.45) is 5.92 Å². The Labute approximate surface area is 158 Å². The van der Waals surface area contributed by atoms with E-state index in [1.54, 1.807) is 0 Å². The molecule has 0 aliphatic carbocycles. The van der Waals surface area contributed by atoms with E-state index in [1.165, 1.54) is 5.56 Å². The van der Waals surface area contributed by atoms with Crippen LogP contribution < -0.4 is 4.74 Å². The molecular weight excluding hydrogens is 378 g/mol. The zero-order chi connectivity index (χ0) is 17.6. The number of carbonyl (C=O) groups is 1. The maximum atomic E-state index is 12.9. The van der Waals surface area contributed by atoms with Crippen molar-refractivity contribution in [1.29, 1.82) is 0 Å². The molecule has 2 aromatic rings. The van der Waals surface area contributed by atoms with Gasteiger partial charge in [0.15, 0.2) is 0 Å². The molecule has 4 heteroatoms. The molecule has 1 aliphatic rings. The largest absolute Gasteiger partial charge is 0.492 e. The Morgan fingerprint density at radius 3 is 2.60 bits per heavy atom. The number of halogens is 1. The minimum absolute atomic E-state index is 0.0721. The van der Waals surface area contributed by atoms with Crippen molar-refractivity contribution in [3.05, 3.63) is 64.1 Å². The third kappa shape index (κ3) is 4.85. The lowest BCUT2D eigenvalue weighted by Gasteiger charge is -2.30. The molecule has 1 aliphatic heterocycles. The zero-order valence-corrected chi connectivity index (χ0v) is 16.2. The maximum absolute atomic E-state index is 12.9. The van der Waals surface area contributed by atoms with Crippen LogP contribution in [0.25, 0.3) is 0 Å². The molecule has 2 aromatic carbocycles. The van der Waals surface area contributed by atoms with Crippen molar-refractivity contribution >= 4 is 21.8 Å². The summed E-state index contributed by atoms with van der Waals surface area (Å²) in [4.78, 5) is 14.9. The molecule has 25 heavy (non-hydrogen) atoms. The van der Waals surface area contributed by atoms with Crippen LogP contribution in [0, 0.1) is 5.92 Å². The number of hydrogen-bond acceptors (Lipinski definition) is 2. The van der Waals surface area contributed by atoms with Crippen LogP contribution in [0.15, 0.2) is 53.0 Å². The van der Waals surface area contributed by atoms with Crippen LogP contribution in [0.2, 0.25) is 0 Å². The molecule has 0 spiro atoms. The van der Waals surface area contributed by atoms with Crippen molar-refractivity contribution in [2.45, 2.75) is 26.2 Å². The molecule has 0 saturated carbocycles. The summed E-state index contributed by atoms with van der Waals surface area (Å²) in [6.07, 6.45) is 2.97. The number of amides is 1. The molecule has 3 rings (SSSR count). The summed E-state index contributed by atoms with van der Waals surface area (Å²) in [6, 6.07) is 15.9. The van der Waals surface area contributed by atoms with E-state index in [-0.39, 0.29) is 5.91 Å². The summed E-state index contributed by atoms with van der Waals surface area (Å²) >= 11 is 3.48. The van der Waals surface area contributed by atoms with E-state index < -0.39 is 0 Å². The molecule has 0 aromatic heterocycles. The van der Waals surface area contributed by atoms with E-state index in [2.05, 4.69) is 35.0 Å². The van der Waals surface area contributed by atoms with Gasteiger partial charge in [0.2, 0.25) is 0 Å². The van der Waals surface area contributed by atoms with Crippen molar-refractivity contribution in [3.8, 4) is 5.75 Å². The van der Waals surface area contributed by atoms with Gasteiger partial charge < -0.3 is 9.64 Å². The van der Waals surface area contributed by atoms with Crippen LogP contribution in [0.4, 0.5) is 0 Å². The normalized spacial score (nSPS) is 15.2. The average Bonchev–Trinajstić information content (AvgIpc) is 2.64. The summed E-state index contributed by atoms with van der Waals surface area (Å²) < 4.78 is 6.86. The first kappa shape index (κ1) is 18.0. The first-order chi connectivity index (χ1) is 12.1. The third-order valence-corrected chi connectivity index (χ3v) is 5.23. The van der Waals surface area contributed by atoms with Gasteiger partial charge in [0, 0.05) is 24.0 Å². The lowest BCUT2D eigenvalue weighted by molar-refractivity contribution is 0.0693. The van der Waals surface area contributed by atoms with Gasteiger partial charge in [0.1, 0.15) is 5.75 Å². The Hall–Kier alpha value is -1.81. The molecule has 0 unspecified atom stereocenters. The molecule has 1 amide bonds. The van der Waals surface area contributed by atoms with E-state index in [4.69, 9.17) is 4.74 Å². The average molecular weight is 402 g/mol. The molecule has 0 bridgehead atoms. The van der Waals surface area contributed by atoms with Gasteiger partial charge in [0.25, 0.3) is 5.91 Å². The predicted octanol–water partition coefficient (Wildman–Crippen LogP) is 4.94. The molecule has 0 N–H and O–H groups in total. The number of rotatable bonds is 5. The van der Waals surface area contributed by atoms with E-state index in [0.717, 1.165) is 36.8 Å². The second-order valence-corrected chi connectivity index (χ2v) is 7.61. The Morgan fingerprint density at radius 2 is 1.88 bits per heavy atom. The Bertz CT molecular complexity index is 709. The lowest BCUT2D eigenvalue weighted by Crippen LogP contribution is -2.38. The quantitative estimate of drug-likeness (QED) is 0.709. The van der Waals surface area contributed by atoms with Crippen LogP contribution in [0.3, 0.4) is 0 Å². The third-order valence-electron chi connectivity index (χ3n) is 4.73. The maximum Gasteiger partial charge on any atom is 0.257 e. The van der Waals surface area contributed by atoms with Crippen molar-refractivity contribution < 1.29 is 9.53 Å². The van der Waals surface area contributed by atoms with Crippen molar-refractivity contribution in [2.75, 3.05) is 19.7 Å². The summed E-state index contributed by atoms with van der Waals surface area (Å²) in [5, 5.41) is 0. The molecular formula is C21H24BrNO2. The molecule has 3 nitrogen and oxygen atoms in total. The first-order valence-electron chi connectivity index (χ1n) is 8.89. The van der Waals surface area contributed by atoms with Gasteiger partial charge >= 0.3 is 0 Å². The monoisotopic (exact) mass is 401 g/mol. The fraction of sp³-hybridized carbons (Fsp3) is 0.381. The SMILES string of the molecule is CC1CCN(C(=O)c2cc(Br)ccc2OCCc2ccccc2)CC1.